The fourth-order valence-electron chi connectivity index (χ4n) is 1.54. The molecule has 0 radical (unpaired) electrons. The summed E-state index contributed by atoms with van der Waals surface area (Å²) in [6.45, 7) is 10.7. The molecule has 0 bridgehead atoms. The molecule has 4 nitrogen and oxygen atoms in total. The van der Waals surface area contributed by atoms with Crippen molar-refractivity contribution in [2.75, 3.05) is 6.61 Å². The maximum atomic E-state index is 5.83. The normalized spacial score (nSPS) is 14.1. The molecule has 1 rings (SSSR count). The van der Waals surface area contributed by atoms with Crippen molar-refractivity contribution in [1.82, 2.24) is 5.32 Å². The van der Waals surface area contributed by atoms with Gasteiger partial charge in [-0.3, -0.25) is 0 Å². The minimum Gasteiger partial charge on any atom is -0.491 e. The van der Waals surface area contributed by atoms with Crippen molar-refractivity contribution >= 4 is 5.96 Å². The lowest BCUT2D eigenvalue weighted by molar-refractivity contribution is 0.296. The second-order valence-corrected chi connectivity index (χ2v) is 5.86. The average Bonchev–Trinajstić information content (AvgIpc) is 2.25. The minimum atomic E-state index is -0.0783. The fourth-order valence-corrected chi connectivity index (χ4v) is 1.54. The molecule has 1 aromatic carbocycles. The summed E-state index contributed by atoms with van der Waals surface area (Å²) in [5.41, 5.74) is 6.97. The van der Waals surface area contributed by atoms with Crippen molar-refractivity contribution < 1.29 is 4.74 Å². The Morgan fingerprint density at radius 1 is 1.32 bits per heavy atom. The Morgan fingerprint density at radius 3 is 2.42 bits per heavy atom. The van der Waals surface area contributed by atoms with Crippen LogP contribution in [-0.2, 0) is 0 Å². The van der Waals surface area contributed by atoms with E-state index in [4.69, 9.17) is 10.5 Å². The van der Waals surface area contributed by atoms with Crippen LogP contribution < -0.4 is 15.8 Å². The predicted octanol–water partition coefficient (Wildman–Crippen LogP) is 2.47. The van der Waals surface area contributed by atoms with Crippen LogP contribution in [-0.4, -0.2) is 24.1 Å². The lowest BCUT2D eigenvalue weighted by atomic mass is 10.1. The summed E-state index contributed by atoms with van der Waals surface area (Å²) in [6.07, 6.45) is 0. The molecule has 0 saturated carbocycles. The third-order valence-electron chi connectivity index (χ3n) is 2.37. The smallest absolute Gasteiger partial charge is 0.189 e. The van der Waals surface area contributed by atoms with Gasteiger partial charge in [-0.2, -0.15) is 0 Å². The van der Waals surface area contributed by atoms with Crippen molar-refractivity contribution in [3.63, 3.8) is 0 Å². The molecule has 106 valence electrons. The van der Waals surface area contributed by atoms with Crippen LogP contribution >= 0.6 is 0 Å². The number of hydrogen-bond donors (Lipinski definition) is 2. The number of nitrogens with zero attached hydrogens (tertiary/aromatic N) is 1. The van der Waals surface area contributed by atoms with E-state index in [1.54, 1.807) is 0 Å². The Morgan fingerprint density at radius 2 is 1.89 bits per heavy atom. The number of rotatable bonds is 4. The Labute approximate surface area is 116 Å². The number of aryl methyl sites for hydroxylation is 1. The van der Waals surface area contributed by atoms with Crippen LogP contribution in [0.4, 0.5) is 0 Å². The molecule has 0 amide bonds. The first kappa shape index (κ1) is 15.3. The first-order chi connectivity index (χ1) is 8.76. The second kappa shape index (κ2) is 6.45. The van der Waals surface area contributed by atoms with Crippen LogP contribution in [0.3, 0.4) is 0 Å². The van der Waals surface area contributed by atoms with Gasteiger partial charge >= 0.3 is 0 Å². The Bertz CT molecular complexity index is 418. The van der Waals surface area contributed by atoms with Gasteiger partial charge in [0.25, 0.3) is 0 Å². The summed E-state index contributed by atoms with van der Waals surface area (Å²) in [6, 6.07) is 7.99. The van der Waals surface area contributed by atoms with Gasteiger partial charge in [-0.15, -0.1) is 0 Å². The van der Waals surface area contributed by atoms with Crippen molar-refractivity contribution in [3.05, 3.63) is 29.8 Å². The highest BCUT2D eigenvalue weighted by Gasteiger charge is 2.11. The van der Waals surface area contributed by atoms with E-state index in [2.05, 4.69) is 17.2 Å². The number of guanidine groups is 1. The summed E-state index contributed by atoms with van der Waals surface area (Å²) in [5.74, 6) is 1.31. The van der Waals surface area contributed by atoms with E-state index in [0.717, 1.165) is 5.75 Å². The van der Waals surface area contributed by atoms with Crippen molar-refractivity contribution in [1.29, 1.82) is 0 Å². The van der Waals surface area contributed by atoms with Crippen molar-refractivity contribution in [3.8, 4) is 5.75 Å². The van der Waals surface area contributed by atoms with Gasteiger partial charge in [0.05, 0.1) is 6.04 Å². The summed E-state index contributed by atoms with van der Waals surface area (Å²) < 4.78 is 5.66. The molecule has 3 N–H and O–H groups in total. The zero-order chi connectivity index (χ0) is 14.5. The van der Waals surface area contributed by atoms with Gasteiger partial charge in [0.15, 0.2) is 5.96 Å². The number of ether oxygens (including phenoxy) is 1. The van der Waals surface area contributed by atoms with Gasteiger partial charge in [-0.25, -0.2) is 4.99 Å². The number of nitrogens with one attached hydrogen (secondary N) is 1. The molecule has 0 aliphatic rings. The molecule has 0 saturated heterocycles. The number of nitrogens with two attached hydrogens (primary N) is 1. The Kier molecular flexibility index (Phi) is 5.21. The van der Waals surface area contributed by atoms with E-state index >= 15 is 0 Å². The molecule has 0 spiro atoms. The van der Waals surface area contributed by atoms with Crippen LogP contribution in [0, 0.1) is 6.92 Å². The van der Waals surface area contributed by atoms with Gasteiger partial charge in [-0.05, 0) is 46.8 Å². The molecule has 0 heterocycles. The molecule has 0 aliphatic carbocycles. The molecule has 1 unspecified atom stereocenters. The SMILES string of the molecule is Cc1ccc(OCC(C)N=C(N)NC(C)(C)C)cc1. The minimum absolute atomic E-state index is 0.0103. The first-order valence-electron chi connectivity index (χ1n) is 6.57. The number of hydrogen-bond acceptors (Lipinski definition) is 2. The van der Waals surface area contributed by atoms with Crippen LogP contribution in [0.25, 0.3) is 0 Å². The zero-order valence-electron chi connectivity index (χ0n) is 12.5. The summed E-state index contributed by atoms with van der Waals surface area (Å²) in [4.78, 5) is 4.35. The highest BCUT2D eigenvalue weighted by molar-refractivity contribution is 5.78. The van der Waals surface area contributed by atoms with E-state index in [0.29, 0.717) is 12.6 Å². The predicted molar refractivity (Wildman–Crippen MR) is 80.6 cm³/mol. The van der Waals surface area contributed by atoms with Crippen LogP contribution in [0.1, 0.15) is 33.3 Å². The maximum absolute atomic E-state index is 5.83. The molecule has 1 atom stereocenters. The summed E-state index contributed by atoms with van der Waals surface area (Å²) in [5, 5.41) is 3.13. The number of benzene rings is 1. The third-order valence-corrected chi connectivity index (χ3v) is 2.37. The van der Waals surface area contributed by atoms with E-state index in [1.165, 1.54) is 5.56 Å². The quantitative estimate of drug-likeness (QED) is 0.648. The van der Waals surface area contributed by atoms with E-state index in [-0.39, 0.29) is 11.6 Å². The zero-order valence-corrected chi connectivity index (χ0v) is 12.5. The molecular formula is C15H25N3O. The third kappa shape index (κ3) is 6.70. The van der Waals surface area contributed by atoms with Gasteiger partial charge in [0, 0.05) is 5.54 Å². The maximum Gasteiger partial charge on any atom is 0.189 e. The lowest BCUT2D eigenvalue weighted by Crippen LogP contribution is -2.45. The highest BCUT2D eigenvalue weighted by atomic mass is 16.5. The first-order valence-corrected chi connectivity index (χ1v) is 6.57. The second-order valence-electron chi connectivity index (χ2n) is 5.86. The van der Waals surface area contributed by atoms with E-state index in [9.17, 15) is 0 Å². The monoisotopic (exact) mass is 263 g/mol. The number of aliphatic imine (C=N–C) groups is 1. The molecule has 1 aromatic rings. The van der Waals surface area contributed by atoms with Crippen LogP contribution in [0.15, 0.2) is 29.3 Å². The Hall–Kier alpha value is -1.71. The van der Waals surface area contributed by atoms with Gasteiger partial charge in [0.2, 0.25) is 0 Å². The molecule has 4 heteroatoms. The van der Waals surface area contributed by atoms with Gasteiger partial charge < -0.3 is 15.8 Å². The van der Waals surface area contributed by atoms with Crippen LogP contribution in [0.2, 0.25) is 0 Å². The van der Waals surface area contributed by atoms with E-state index < -0.39 is 0 Å². The molecule has 0 fully saturated rings. The molecule has 0 aromatic heterocycles. The van der Waals surface area contributed by atoms with Gasteiger partial charge in [-0.1, -0.05) is 17.7 Å². The summed E-state index contributed by atoms with van der Waals surface area (Å²) >= 11 is 0. The lowest BCUT2D eigenvalue weighted by Gasteiger charge is -2.21. The Balaban J connectivity index is 2.45. The average molecular weight is 263 g/mol. The van der Waals surface area contributed by atoms with Crippen molar-refractivity contribution in [2.24, 2.45) is 10.7 Å². The molecule has 19 heavy (non-hydrogen) atoms. The van der Waals surface area contributed by atoms with Gasteiger partial charge in [0.1, 0.15) is 12.4 Å². The van der Waals surface area contributed by atoms with E-state index in [1.807, 2.05) is 52.0 Å². The fraction of sp³-hybridized carbons (Fsp3) is 0.533. The highest BCUT2D eigenvalue weighted by Crippen LogP contribution is 2.11. The molecular weight excluding hydrogens is 238 g/mol. The van der Waals surface area contributed by atoms with Crippen molar-refractivity contribution in [2.45, 2.75) is 46.2 Å². The largest absolute Gasteiger partial charge is 0.491 e. The van der Waals surface area contributed by atoms with Crippen LogP contribution in [0.5, 0.6) is 5.75 Å². The summed E-state index contributed by atoms with van der Waals surface area (Å²) in [7, 11) is 0. The topological polar surface area (TPSA) is 59.6 Å². The molecule has 0 aliphatic heterocycles. The standard InChI is InChI=1S/C15H25N3O/c1-11-6-8-13(9-7-11)19-10-12(2)17-14(16)18-15(3,4)5/h6-9,12H,10H2,1-5H3,(H3,16,17,18).